The molecule has 0 saturated carbocycles. The lowest BCUT2D eigenvalue weighted by Gasteiger charge is -2.12. The van der Waals surface area contributed by atoms with Crippen molar-refractivity contribution in [3.8, 4) is 17.2 Å². The predicted octanol–water partition coefficient (Wildman–Crippen LogP) is 4.63. The maximum Gasteiger partial charge on any atom is 0.322 e. The van der Waals surface area contributed by atoms with Gasteiger partial charge in [-0.3, -0.25) is 9.97 Å². The Morgan fingerprint density at radius 2 is 1.90 bits per heavy atom. The van der Waals surface area contributed by atoms with Gasteiger partial charge >= 0.3 is 5.16 Å². The third-order valence-corrected chi connectivity index (χ3v) is 5.70. The van der Waals surface area contributed by atoms with Crippen molar-refractivity contribution in [2.24, 2.45) is 0 Å². The van der Waals surface area contributed by atoms with Gasteiger partial charge in [0, 0.05) is 35.1 Å². The SMILES string of the molecule is CCc1cnc(C[S+]([O-])c2nc3cc(OC)ccc3[nH]2)cc1Oc1ccccc1. The number of aromatic nitrogens is 3. The van der Waals surface area contributed by atoms with E-state index in [1.54, 1.807) is 13.3 Å². The Hall–Kier alpha value is -3.03. The van der Waals surface area contributed by atoms with Gasteiger partial charge in [-0.2, -0.15) is 4.98 Å². The summed E-state index contributed by atoms with van der Waals surface area (Å²) in [5.41, 5.74) is 3.22. The van der Waals surface area contributed by atoms with Crippen molar-refractivity contribution in [1.29, 1.82) is 0 Å². The first-order chi connectivity index (χ1) is 14.2. The minimum absolute atomic E-state index is 0.242. The Bertz CT molecular complexity index is 1110. The van der Waals surface area contributed by atoms with Crippen LogP contribution in [0.5, 0.6) is 17.2 Å². The Morgan fingerprint density at radius 1 is 1.07 bits per heavy atom. The molecule has 1 unspecified atom stereocenters. The third-order valence-electron chi connectivity index (χ3n) is 4.52. The smallest absolute Gasteiger partial charge is 0.322 e. The molecule has 1 N–H and O–H groups in total. The molecule has 29 heavy (non-hydrogen) atoms. The van der Waals surface area contributed by atoms with Gasteiger partial charge in [0.2, 0.25) is 0 Å². The average molecular weight is 407 g/mol. The first kappa shape index (κ1) is 19.3. The number of imidazole rings is 1. The topological polar surface area (TPSA) is 83.1 Å². The zero-order valence-corrected chi connectivity index (χ0v) is 17.0. The number of hydrogen-bond acceptors (Lipinski definition) is 5. The molecule has 7 heteroatoms. The number of methoxy groups -OCH3 is 1. The summed E-state index contributed by atoms with van der Waals surface area (Å²) in [4.78, 5) is 12.0. The lowest BCUT2D eigenvalue weighted by molar-refractivity contribution is 0.415. The highest BCUT2D eigenvalue weighted by Crippen LogP contribution is 2.27. The lowest BCUT2D eigenvalue weighted by atomic mass is 10.2. The summed E-state index contributed by atoms with van der Waals surface area (Å²) in [5.74, 6) is 2.44. The van der Waals surface area contributed by atoms with Crippen molar-refractivity contribution in [2.45, 2.75) is 24.3 Å². The van der Waals surface area contributed by atoms with E-state index in [2.05, 4.69) is 21.9 Å². The molecule has 0 bridgehead atoms. The first-order valence-corrected chi connectivity index (χ1v) is 10.6. The Morgan fingerprint density at radius 3 is 2.66 bits per heavy atom. The molecule has 2 aromatic heterocycles. The monoisotopic (exact) mass is 407 g/mol. The van der Waals surface area contributed by atoms with E-state index in [9.17, 15) is 4.55 Å². The Balaban J connectivity index is 1.56. The maximum atomic E-state index is 12.9. The highest BCUT2D eigenvalue weighted by atomic mass is 32.2. The molecule has 0 amide bonds. The number of H-pyrrole nitrogens is 1. The summed E-state index contributed by atoms with van der Waals surface area (Å²) in [7, 11) is 1.60. The fraction of sp³-hybridized carbons (Fsp3) is 0.182. The number of nitrogens with zero attached hydrogens (tertiary/aromatic N) is 2. The molecule has 0 aliphatic carbocycles. The van der Waals surface area contributed by atoms with Gasteiger partial charge < -0.3 is 14.0 Å². The number of benzene rings is 2. The molecule has 0 radical (unpaired) electrons. The first-order valence-electron chi connectivity index (χ1n) is 9.29. The van der Waals surface area contributed by atoms with Gasteiger partial charge in [-0.05, 0) is 30.7 Å². The van der Waals surface area contributed by atoms with Crippen molar-refractivity contribution in [3.63, 3.8) is 0 Å². The predicted molar refractivity (Wildman–Crippen MR) is 113 cm³/mol. The van der Waals surface area contributed by atoms with Crippen molar-refractivity contribution in [1.82, 2.24) is 15.0 Å². The number of para-hydroxylation sites is 1. The van der Waals surface area contributed by atoms with Crippen molar-refractivity contribution >= 4 is 22.2 Å². The number of pyridine rings is 1. The zero-order chi connectivity index (χ0) is 20.2. The van der Waals surface area contributed by atoms with Crippen LogP contribution in [0.25, 0.3) is 11.0 Å². The molecule has 0 aliphatic rings. The maximum absolute atomic E-state index is 12.9. The highest BCUT2D eigenvalue weighted by molar-refractivity contribution is 7.90. The number of aryl methyl sites for hydroxylation is 1. The van der Waals surface area contributed by atoms with Crippen LogP contribution in [0.3, 0.4) is 0 Å². The molecule has 0 aliphatic heterocycles. The number of fused-ring (bicyclic) bond motifs is 1. The number of ether oxygens (including phenoxy) is 2. The van der Waals surface area contributed by atoms with Crippen LogP contribution in [0.15, 0.2) is 66.0 Å². The molecule has 0 saturated heterocycles. The molecule has 1 atom stereocenters. The normalized spacial score (nSPS) is 12.1. The number of aromatic amines is 1. The Labute approximate surface area is 172 Å². The minimum atomic E-state index is -1.36. The number of rotatable bonds is 7. The molecule has 4 rings (SSSR count). The Kier molecular flexibility index (Phi) is 5.69. The van der Waals surface area contributed by atoms with Crippen LogP contribution in [0, 0.1) is 0 Å². The van der Waals surface area contributed by atoms with Crippen LogP contribution in [-0.2, 0) is 23.3 Å². The van der Waals surface area contributed by atoms with Crippen LogP contribution in [0.4, 0.5) is 0 Å². The fourth-order valence-corrected chi connectivity index (χ4v) is 3.95. The van der Waals surface area contributed by atoms with E-state index in [0.717, 1.165) is 34.5 Å². The molecule has 6 nitrogen and oxygen atoms in total. The summed E-state index contributed by atoms with van der Waals surface area (Å²) in [6.45, 7) is 2.05. The summed E-state index contributed by atoms with van der Waals surface area (Å²) in [6.07, 6.45) is 2.58. The molecular weight excluding hydrogens is 386 g/mol. The van der Waals surface area contributed by atoms with Gasteiger partial charge in [-0.15, -0.1) is 0 Å². The average Bonchev–Trinajstić information content (AvgIpc) is 3.18. The van der Waals surface area contributed by atoms with E-state index in [1.165, 1.54) is 0 Å². The summed E-state index contributed by atoms with van der Waals surface area (Å²) < 4.78 is 24.1. The quantitative estimate of drug-likeness (QED) is 0.452. The second-order valence-corrected chi connectivity index (χ2v) is 7.83. The number of nitrogens with one attached hydrogen (secondary N) is 1. The van der Waals surface area contributed by atoms with Gasteiger partial charge in [-0.1, -0.05) is 25.1 Å². The summed E-state index contributed by atoms with van der Waals surface area (Å²) in [5, 5.41) is 0.417. The van der Waals surface area contributed by atoms with E-state index in [0.29, 0.717) is 16.6 Å². The highest BCUT2D eigenvalue weighted by Gasteiger charge is 2.19. The fourth-order valence-electron chi connectivity index (χ4n) is 2.96. The molecule has 2 aromatic carbocycles. The molecule has 0 spiro atoms. The van der Waals surface area contributed by atoms with Gasteiger partial charge in [-0.25, -0.2) is 0 Å². The second kappa shape index (κ2) is 8.55. The van der Waals surface area contributed by atoms with E-state index in [4.69, 9.17) is 9.47 Å². The standard InChI is InChI=1S/C22H21N3O3S/c1-3-15-13-23-16(11-21(15)28-17-7-5-4-6-8-17)14-29(26)22-24-19-10-9-18(27-2)12-20(19)25-22/h4-13H,3,14H2,1-2H3,(H,24,25). The van der Waals surface area contributed by atoms with E-state index >= 15 is 0 Å². The van der Waals surface area contributed by atoms with Gasteiger partial charge in [0.1, 0.15) is 17.2 Å². The van der Waals surface area contributed by atoms with Crippen LogP contribution in [0.1, 0.15) is 18.2 Å². The summed E-state index contributed by atoms with van der Waals surface area (Å²) >= 11 is -1.36. The van der Waals surface area contributed by atoms with Gasteiger partial charge in [0.25, 0.3) is 0 Å². The van der Waals surface area contributed by atoms with Crippen molar-refractivity contribution in [3.05, 3.63) is 72.1 Å². The molecule has 4 aromatic rings. The zero-order valence-electron chi connectivity index (χ0n) is 16.2. The second-order valence-electron chi connectivity index (χ2n) is 6.47. The molecule has 148 valence electrons. The minimum Gasteiger partial charge on any atom is -0.609 e. The van der Waals surface area contributed by atoms with Crippen LogP contribution >= 0.6 is 0 Å². The van der Waals surface area contributed by atoms with Crippen LogP contribution < -0.4 is 9.47 Å². The van der Waals surface area contributed by atoms with Crippen LogP contribution in [-0.4, -0.2) is 26.6 Å². The third kappa shape index (κ3) is 4.36. The van der Waals surface area contributed by atoms with E-state index < -0.39 is 11.2 Å². The molecule has 2 heterocycles. The lowest BCUT2D eigenvalue weighted by Crippen LogP contribution is -2.09. The molecule has 0 fully saturated rings. The van der Waals surface area contributed by atoms with Gasteiger partial charge in [0.15, 0.2) is 5.75 Å². The van der Waals surface area contributed by atoms with E-state index in [1.807, 2.05) is 54.6 Å². The van der Waals surface area contributed by atoms with Crippen molar-refractivity contribution in [2.75, 3.05) is 7.11 Å². The largest absolute Gasteiger partial charge is 0.609 e. The van der Waals surface area contributed by atoms with Gasteiger partial charge in [0.05, 0.1) is 23.8 Å². The van der Waals surface area contributed by atoms with Crippen molar-refractivity contribution < 1.29 is 14.0 Å². The molecular formula is C22H21N3O3S. The van der Waals surface area contributed by atoms with E-state index in [-0.39, 0.29) is 5.75 Å². The number of hydrogen-bond donors (Lipinski definition) is 1. The summed E-state index contributed by atoms with van der Waals surface area (Å²) in [6, 6.07) is 17.0. The van der Waals surface area contributed by atoms with Crippen LogP contribution in [0.2, 0.25) is 0 Å².